The molecule has 0 saturated heterocycles. The first-order chi connectivity index (χ1) is 17.2. The summed E-state index contributed by atoms with van der Waals surface area (Å²) in [5.74, 6) is -4.68. The van der Waals surface area contributed by atoms with Crippen molar-refractivity contribution in [3.8, 4) is 6.07 Å². The number of hydrogen-bond donors (Lipinski definition) is 2. The molecule has 0 unspecified atom stereocenters. The summed E-state index contributed by atoms with van der Waals surface area (Å²) >= 11 is 0.990. The van der Waals surface area contributed by atoms with Crippen LogP contribution in [0.25, 0.3) is 0 Å². The van der Waals surface area contributed by atoms with E-state index in [0.717, 1.165) is 30.0 Å². The van der Waals surface area contributed by atoms with E-state index >= 15 is 0 Å². The molecule has 0 saturated carbocycles. The van der Waals surface area contributed by atoms with Crippen LogP contribution in [0.1, 0.15) is 33.0 Å². The number of amides is 2. The van der Waals surface area contributed by atoms with Gasteiger partial charge in [-0.15, -0.1) is 0 Å². The molecule has 10 heteroatoms. The number of aryl methyl sites for hydroxylation is 1. The number of esters is 2. The van der Waals surface area contributed by atoms with E-state index in [9.17, 15) is 24.4 Å². The number of carbonyl (C=O) groups excluding carboxylic acids is 4. The van der Waals surface area contributed by atoms with Crippen LogP contribution in [-0.4, -0.2) is 43.7 Å². The summed E-state index contributed by atoms with van der Waals surface area (Å²) in [6.07, 6.45) is 0. The van der Waals surface area contributed by atoms with Crippen LogP contribution >= 0.6 is 11.8 Å². The van der Waals surface area contributed by atoms with Gasteiger partial charge in [0.2, 0.25) is 11.8 Å². The number of carbonyl (C=O) groups is 4. The zero-order valence-corrected chi connectivity index (χ0v) is 21.0. The summed E-state index contributed by atoms with van der Waals surface area (Å²) in [6, 6.07) is 13.7. The molecule has 2 amide bonds. The Bertz CT molecular complexity index is 1280. The second kappa shape index (κ2) is 11.6. The van der Waals surface area contributed by atoms with Gasteiger partial charge in [-0.25, -0.2) is 4.79 Å². The highest BCUT2D eigenvalue weighted by atomic mass is 32.2. The first-order valence-corrected chi connectivity index (χ1v) is 11.9. The van der Waals surface area contributed by atoms with Gasteiger partial charge in [0.05, 0.1) is 42.2 Å². The van der Waals surface area contributed by atoms with Crippen LogP contribution in [0.5, 0.6) is 0 Å². The van der Waals surface area contributed by atoms with Crippen molar-refractivity contribution in [3.05, 3.63) is 75.3 Å². The number of thioether (sulfide) groups is 1. The van der Waals surface area contributed by atoms with Gasteiger partial charge in [0, 0.05) is 11.6 Å². The highest BCUT2D eigenvalue weighted by Crippen LogP contribution is 2.40. The maximum Gasteiger partial charge on any atom is 0.337 e. The molecular weight excluding hydrogens is 482 g/mol. The van der Waals surface area contributed by atoms with Crippen molar-refractivity contribution in [2.45, 2.75) is 19.8 Å². The number of ether oxygens (including phenoxy) is 2. The topological polar surface area (TPSA) is 135 Å². The third kappa shape index (κ3) is 5.58. The van der Waals surface area contributed by atoms with E-state index in [4.69, 9.17) is 9.47 Å². The Balaban J connectivity index is 1.92. The fourth-order valence-electron chi connectivity index (χ4n) is 3.83. The van der Waals surface area contributed by atoms with Crippen molar-refractivity contribution in [1.82, 2.24) is 5.32 Å². The van der Waals surface area contributed by atoms with Crippen molar-refractivity contribution >= 4 is 41.2 Å². The van der Waals surface area contributed by atoms with E-state index in [1.54, 1.807) is 18.2 Å². The lowest BCUT2D eigenvalue weighted by molar-refractivity contribution is -0.150. The molecule has 186 valence electrons. The maximum atomic E-state index is 12.9. The standard InChI is InChI=1S/C26H25N3O6S/c1-14-6-5-7-19(15(14)2)28-20(30)13-36-24-18(12-27)21(22(23(31)29-24)26(33)35-4)16-8-10-17(11-9-16)25(32)34-3/h5-11,21-22H,13H2,1-4H3,(H,28,30)(H,29,31)/t21-,22-/m1/s1. The zero-order chi connectivity index (χ0) is 26.4. The van der Waals surface area contributed by atoms with Gasteiger partial charge < -0.3 is 20.1 Å². The highest BCUT2D eigenvalue weighted by molar-refractivity contribution is 8.03. The van der Waals surface area contributed by atoms with Gasteiger partial charge in [-0.1, -0.05) is 36.0 Å². The normalized spacial score (nSPS) is 17.0. The molecule has 2 N–H and O–H groups in total. The Morgan fingerprint density at radius 3 is 2.39 bits per heavy atom. The van der Waals surface area contributed by atoms with E-state index in [1.807, 2.05) is 26.0 Å². The minimum Gasteiger partial charge on any atom is -0.468 e. The van der Waals surface area contributed by atoms with Gasteiger partial charge in [0.1, 0.15) is 5.92 Å². The van der Waals surface area contributed by atoms with Crippen molar-refractivity contribution in [3.63, 3.8) is 0 Å². The average Bonchev–Trinajstić information content (AvgIpc) is 2.88. The molecule has 3 rings (SSSR count). The molecule has 1 aliphatic heterocycles. The Kier molecular flexibility index (Phi) is 8.51. The Labute approximate surface area is 212 Å². The average molecular weight is 508 g/mol. The van der Waals surface area contributed by atoms with E-state index in [-0.39, 0.29) is 27.8 Å². The Morgan fingerprint density at radius 2 is 1.78 bits per heavy atom. The Hall–Kier alpha value is -4.10. The summed E-state index contributed by atoms with van der Waals surface area (Å²) in [4.78, 5) is 49.9. The van der Waals surface area contributed by atoms with Crippen LogP contribution in [0.2, 0.25) is 0 Å². The van der Waals surface area contributed by atoms with Crippen LogP contribution in [0.4, 0.5) is 5.69 Å². The van der Waals surface area contributed by atoms with Gasteiger partial charge in [0.15, 0.2) is 0 Å². The quantitative estimate of drug-likeness (QED) is 0.431. The largest absolute Gasteiger partial charge is 0.468 e. The fraction of sp³-hybridized carbons (Fsp3) is 0.269. The van der Waals surface area contributed by atoms with Gasteiger partial charge in [-0.3, -0.25) is 14.4 Å². The second-order valence-electron chi connectivity index (χ2n) is 8.02. The molecule has 0 radical (unpaired) electrons. The molecule has 1 heterocycles. The molecule has 2 aromatic rings. The number of nitrogens with zero attached hydrogens (tertiary/aromatic N) is 1. The number of nitrogens with one attached hydrogen (secondary N) is 2. The smallest absolute Gasteiger partial charge is 0.337 e. The third-order valence-electron chi connectivity index (χ3n) is 5.90. The van der Waals surface area contributed by atoms with Crippen molar-refractivity contribution < 1.29 is 28.7 Å². The van der Waals surface area contributed by atoms with E-state index in [1.165, 1.54) is 19.2 Å². The molecule has 1 aliphatic rings. The van der Waals surface area contributed by atoms with Gasteiger partial charge in [-0.2, -0.15) is 5.26 Å². The molecule has 0 spiro atoms. The number of hydrogen-bond acceptors (Lipinski definition) is 8. The molecule has 36 heavy (non-hydrogen) atoms. The summed E-state index contributed by atoms with van der Waals surface area (Å²) in [6.45, 7) is 3.84. The second-order valence-corrected chi connectivity index (χ2v) is 9.01. The molecular formula is C26H25N3O6S. The summed E-state index contributed by atoms with van der Waals surface area (Å²) in [5.41, 5.74) is 3.50. The number of rotatable bonds is 7. The number of anilines is 1. The Morgan fingerprint density at radius 1 is 1.08 bits per heavy atom. The van der Waals surface area contributed by atoms with E-state index < -0.39 is 29.7 Å². The lowest BCUT2D eigenvalue weighted by Gasteiger charge is -2.31. The van der Waals surface area contributed by atoms with Crippen LogP contribution in [-0.2, 0) is 23.9 Å². The molecule has 0 bridgehead atoms. The monoisotopic (exact) mass is 507 g/mol. The van der Waals surface area contributed by atoms with Crippen LogP contribution in [0.3, 0.4) is 0 Å². The molecule has 2 atom stereocenters. The summed E-state index contributed by atoms with van der Waals surface area (Å²) in [5, 5.41) is 15.6. The highest BCUT2D eigenvalue weighted by Gasteiger charge is 2.44. The van der Waals surface area contributed by atoms with E-state index in [0.29, 0.717) is 11.3 Å². The van der Waals surface area contributed by atoms with Gasteiger partial charge >= 0.3 is 11.9 Å². The number of nitriles is 1. The number of methoxy groups -OCH3 is 2. The summed E-state index contributed by atoms with van der Waals surface area (Å²) in [7, 11) is 2.41. The minimum absolute atomic E-state index is 0.0783. The number of benzene rings is 2. The van der Waals surface area contributed by atoms with Gasteiger partial charge in [0.25, 0.3) is 0 Å². The lowest BCUT2D eigenvalue weighted by Crippen LogP contribution is -2.44. The first-order valence-electron chi connectivity index (χ1n) is 10.9. The molecule has 0 aromatic heterocycles. The van der Waals surface area contributed by atoms with Gasteiger partial charge in [-0.05, 0) is 48.7 Å². The predicted octanol–water partition coefficient (Wildman–Crippen LogP) is 3.20. The minimum atomic E-state index is -1.32. The fourth-order valence-corrected chi connectivity index (χ4v) is 4.68. The van der Waals surface area contributed by atoms with Crippen molar-refractivity contribution in [2.75, 3.05) is 25.3 Å². The SMILES string of the molecule is COC(=O)c1ccc([C@@H]2C(C#N)=C(SCC(=O)Nc3cccc(C)c3C)NC(=O)[C@@H]2C(=O)OC)cc1. The summed E-state index contributed by atoms with van der Waals surface area (Å²) < 4.78 is 9.53. The molecule has 0 aliphatic carbocycles. The van der Waals surface area contributed by atoms with E-state index in [2.05, 4.69) is 16.7 Å². The van der Waals surface area contributed by atoms with Crippen LogP contribution < -0.4 is 10.6 Å². The predicted molar refractivity (Wildman–Crippen MR) is 134 cm³/mol. The lowest BCUT2D eigenvalue weighted by atomic mass is 9.78. The molecule has 0 fully saturated rings. The third-order valence-corrected chi connectivity index (χ3v) is 6.92. The zero-order valence-electron chi connectivity index (χ0n) is 20.2. The maximum absolute atomic E-state index is 12.9. The van der Waals surface area contributed by atoms with Crippen molar-refractivity contribution in [2.24, 2.45) is 5.92 Å². The molecule has 2 aromatic carbocycles. The number of allylic oxidation sites excluding steroid dienone is 1. The van der Waals surface area contributed by atoms with Crippen LogP contribution in [0, 0.1) is 31.1 Å². The first kappa shape index (κ1) is 26.5. The molecule has 9 nitrogen and oxygen atoms in total. The van der Waals surface area contributed by atoms with Crippen LogP contribution in [0.15, 0.2) is 53.1 Å². The van der Waals surface area contributed by atoms with Crippen molar-refractivity contribution in [1.29, 1.82) is 5.26 Å².